The molecule has 2 rings (SSSR count). The van der Waals surface area contributed by atoms with Crippen molar-refractivity contribution in [1.82, 2.24) is 9.97 Å². The number of aromatic amines is 1. The number of nitrogens with two attached hydrogens (primary N) is 1. The van der Waals surface area contributed by atoms with Crippen LogP contribution in [-0.2, 0) is 0 Å². The number of aromatic nitrogens is 2. The first-order valence-corrected chi connectivity index (χ1v) is 4.27. The van der Waals surface area contributed by atoms with E-state index in [0.29, 0.717) is 11.4 Å². The molecule has 1 heterocycles. The highest BCUT2D eigenvalue weighted by atomic mass is 19.1. The molecule has 3 N–H and O–H groups in total. The van der Waals surface area contributed by atoms with Crippen LogP contribution in [0.3, 0.4) is 0 Å². The highest BCUT2D eigenvalue weighted by molar-refractivity contribution is 5.55. The number of nitrogen functional groups attached to an aromatic ring is 1. The highest BCUT2D eigenvalue weighted by Gasteiger charge is 2.02. The zero-order valence-corrected chi connectivity index (χ0v) is 7.70. The SMILES string of the molecule is Nc1cnc(-c2cccc(F)c2)[nH]c1=O. The van der Waals surface area contributed by atoms with Crippen molar-refractivity contribution in [3.8, 4) is 11.4 Å². The number of halogens is 1. The van der Waals surface area contributed by atoms with Crippen LogP contribution in [-0.4, -0.2) is 9.97 Å². The van der Waals surface area contributed by atoms with Crippen LogP contribution >= 0.6 is 0 Å². The van der Waals surface area contributed by atoms with E-state index in [2.05, 4.69) is 9.97 Å². The van der Waals surface area contributed by atoms with Gasteiger partial charge in [-0.05, 0) is 12.1 Å². The molecule has 15 heavy (non-hydrogen) atoms. The van der Waals surface area contributed by atoms with Gasteiger partial charge in [0.05, 0.1) is 6.20 Å². The molecular formula is C10H8FN3O. The van der Waals surface area contributed by atoms with Gasteiger partial charge >= 0.3 is 0 Å². The molecule has 0 amide bonds. The zero-order chi connectivity index (χ0) is 10.8. The van der Waals surface area contributed by atoms with Crippen LogP contribution in [0.5, 0.6) is 0 Å². The Morgan fingerprint density at radius 2 is 2.20 bits per heavy atom. The van der Waals surface area contributed by atoms with E-state index in [-0.39, 0.29) is 11.5 Å². The maximum Gasteiger partial charge on any atom is 0.274 e. The predicted octanol–water partition coefficient (Wildman–Crippen LogP) is 1.16. The summed E-state index contributed by atoms with van der Waals surface area (Å²) >= 11 is 0. The first-order chi connectivity index (χ1) is 7.16. The third kappa shape index (κ3) is 1.85. The van der Waals surface area contributed by atoms with Gasteiger partial charge in [0.15, 0.2) is 0 Å². The van der Waals surface area contributed by atoms with E-state index >= 15 is 0 Å². The molecule has 0 unspecified atom stereocenters. The molecule has 0 aliphatic carbocycles. The van der Waals surface area contributed by atoms with Crippen LogP contribution in [0.2, 0.25) is 0 Å². The monoisotopic (exact) mass is 205 g/mol. The standard InChI is InChI=1S/C10H8FN3O/c11-7-3-1-2-6(4-7)9-13-5-8(12)10(15)14-9/h1-5H,12H2,(H,13,14,15). The van der Waals surface area contributed by atoms with Crippen molar-refractivity contribution in [3.63, 3.8) is 0 Å². The molecule has 0 aliphatic rings. The van der Waals surface area contributed by atoms with Crippen LogP contribution in [0, 0.1) is 5.82 Å². The molecule has 0 aliphatic heterocycles. The molecule has 1 aromatic heterocycles. The Morgan fingerprint density at radius 3 is 2.87 bits per heavy atom. The number of H-pyrrole nitrogens is 1. The minimum absolute atomic E-state index is 0.0372. The fourth-order valence-electron chi connectivity index (χ4n) is 1.19. The Kier molecular flexibility index (Phi) is 2.21. The third-order valence-electron chi connectivity index (χ3n) is 1.92. The Bertz CT molecular complexity index is 550. The third-order valence-corrected chi connectivity index (χ3v) is 1.92. The summed E-state index contributed by atoms with van der Waals surface area (Å²) in [5, 5.41) is 0. The fraction of sp³-hybridized carbons (Fsp3) is 0. The lowest BCUT2D eigenvalue weighted by molar-refractivity contribution is 0.628. The quantitative estimate of drug-likeness (QED) is 0.733. The first kappa shape index (κ1) is 9.39. The second kappa shape index (κ2) is 3.53. The molecule has 0 saturated carbocycles. The molecule has 0 atom stereocenters. The number of benzene rings is 1. The van der Waals surface area contributed by atoms with E-state index in [4.69, 9.17) is 5.73 Å². The Morgan fingerprint density at radius 1 is 1.40 bits per heavy atom. The van der Waals surface area contributed by atoms with Crippen LogP contribution in [0.4, 0.5) is 10.1 Å². The summed E-state index contributed by atoms with van der Waals surface area (Å²) in [4.78, 5) is 17.5. The van der Waals surface area contributed by atoms with Crippen molar-refractivity contribution in [1.29, 1.82) is 0 Å². The normalized spacial score (nSPS) is 10.2. The molecule has 0 fully saturated rings. The summed E-state index contributed by atoms with van der Waals surface area (Å²) in [6.07, 6.45) is 1.25. The maximum atomic E-state index is 12.9. The summed E-state index contributed by atoms with van der Waals surface area (Å²) in [7, 11) is 0. The second-order valence-corrected chi connectivity index (χ2v) is 3.03. The predicted molar refractivity (Wildman–Crippen MR) is 54.7 cm³/mol. The fourth-order valence-corrected chi connectivity index (χ4v) is 1.19. The summed E-state index contributed by atoms with van der Waals surface area (Å²) in [5.74, 6) is -0.0827. The zero-order valence-electron chi connectivity index (χ0n) is 7.70. The summed E-state index contributed by atoms with van der Waals surface area (Å²) in [6, 6.07) is 5.80. The van der Waals surface area contributed by atoms with Crippen molar-refractivity contribution in [2.45, 2.75) is 0 Å². The molecule has 76 valence electrons. The topological polar surface area (TPSA) is 71.8 Å². The lowest BCUT2D eigenvalue weighted by Crippen LogP contribution is -2.13. The van der Waals surface area contributed by atoms with Crippen molar-refractivity contribution in [2.24, 2.45) is 0 Å². The van der Waals surface area contributed by atoms with Crippen molar-refractivity contribution >= 4 is 5.69 Å². The van der Waals surface area contributed by atoms with Gasteiger partial charge in [0.1, 0.15) is 17.3 Å². The Hall–Kier alpha value is -2.17. The van der Waals surface area contributed by atoms with E-state index in [1.165, 1.54) is 18.3 Å². The van der Waals surface area contributed by atoms with Crippen molar-refractivity contribution in [2.75, 3.05) is 5.73 Å². The lowest BCUT2D eigenvalue weighted by Gasteiger charge is -2.00. The van der Waals surface area contributed by atoms with Crippen LogP contribution in [0.25, 0.3) is 11.4 Å². The molecule has 4 nitrogen and oxygen atoms in total. The van der Waals surface area contributed by atoms with Crippen LogP contribution < -0.4 is 11.3 Å². The van der Waals surface area contributed by atoms with E-state index in [1.807, 2.05) is 0 Å². The van der Waals surface area contributed by atoms with Gasteiger partial charge < -0.3 is 10.7 Å². The molecule has 0 spiro atoms. The smallest absolute Gasteiger partial charge is 0.274 e. The highest BCUT2D eigenvalue weighted by Crippen LogP contribution is 2.14. The van der Waals surface area contributed by atoms with Gasteiger partial charge in [-0.25, -0.2) is 9.37 Å². The van der Waals surface area contributed by atoms with Crippen LogP contribution in [0.15, 0.2) is 35.3 Å². The number of hydrogen-bond donors (Lipinski definition) is 2. The minimum atomic E-state index is -0.427. The number of anilines is 1. The maximum absolute atomic E-state index is 12.9. The van der Waals surface area contributed by atoms with Gasteiger partial charge in [0.25, 0.3) is 5.56 Å². The van der Waals surface area contributed by atoms with Gasteiger partial charge in [0, 0.05) is 5.56 Å². The molecule has 2 aromatic rings. The number of rotatable bonds is 1. The summed E-state index contributed by atoms with van der Waals surface area (Å²) < 4.78 is 12.9. The molecule has 0 bridgehead atoms. The first-order valence-electron chi connectivity index (χ1n) is 4.27. The molecule has 5 heteroatoms. The largest absolute Gasteiger partial charge is 0.393 e. The number of nitrogens with one attached hydrogen (secondary N) is 1. The van der Waals surface area contributed by atoms with Gasteiger partial charge in [-0.1, -0.05) is 12.1 Å². The van der Waals surface area contributed by atoms with Gasteiger partial charge in [-0.3, -0.25) is 4.79 Å². The second-order valence-electron chi connectivity index (χ2n) is 3.03. The van der Waals surface area contributed by atoms with E-state index in [9.17, 15) is 9.18 Å². The van der Waals surface area contributed by atoms with Gasteiger partial charge in [-0.15, -0.1) is 0 Å². The number of nitrogens with zero attached hydrogens (tertiary/aromatic N) is 1. The molecule has 1 aromatic carbocycles. The Labute approximate surface area is 84.6 Å². The Balaban J connectivity index is 2.55. The molecule has 0 radical (unpaired) electrons. The summed E-state index contributed by atoms with van der Waals surface area (Å²) in [6.45, 7) is 0. The average molecular weight is 205 g/mol. The van der Waals surface area contributed by atoms with E-state index in [1.54, 1.807) is 12.1 Å². The minimum Gasteiger partial charge on any atom is -0.393 e. The average Bonchev–Trinajstić information content (AvgIpc) is 2.22. The molecule has 0 saturated heterocycles. The van der Waals surface area contributed by atoms with Crippen molar-refractivity contribution < 1.29 is 4.39 Å². The summed E-state index contributed by atoms with van der Waals surface area (Å²) in [5.41, 5.74) is 5.43. The van der Waals surface area contributed by atoms with E-state index < -0.39 is 5.56 Å². The van der Waals surface area contributed by atoms with Crippen molar-refractivity contribution in [3.05, 3.63) is 46.6 Å². The number of hydrogen-bond acceptors (Lipinski definition) is 3. The molecular weight excluding hydrogens is 197 g/mol. The van der Waals surface area contributed by atoms with E-state index in [0.717, 1.165) is 0 Å². The van der Waals surface area contributed by atoms with Gasteiger partial charge in [0.2, 0.25) is 0 Å². The lowest BCUT2D eigenvalue weighted by atomic mass is 10.2. The van der Waals surface area contributed by atoms with Crippen LogP contribution in [0.1, 0.15) is 0 Å². The van der Waals surface area contributed by atoms with Gasteiger partial charge in [-0.2, -0.15) is 0 Å².